The molecule has 106 valence electrons. The minimum atomic E-state index is -3.70. The lowest BCUT2D eigenvalue weighted by molar-refractivity contribution is 0.601. The van der Waals surface area contributed by atoms with Gasteiger partial charge in [-0.05, 0) is 48.6 Å². The predicted molar refractivity (Wildman–Crippen MR) is 83.6 cm³/mol. The molecule has 1 aliphatic rings. The molecule has 0 unspecified atom stereocenters. The summed E-state index contributed by atoms with van der Waals surface area (Å²) in [5.74, 6) is 0. The number of nitrogens with one attached hydrogen (secondary N) is 1. The lowest BCUT2D eigenvalue weighted by Crippen LogP contribution is -2.12. The Morgan fingerprint density at radius 1 is 1.10 bits per heavy atom. The van der Waals surface area contributed by atoms with E-state index in [0.717, 1.165) is 30.6 Å². The number of aryl methyl sites for hydroxylation is 2. The summed E-state index contributed by atoms with van der Waals surface area (Å²) < 4.78 is 27.7. The molecule has 0 amide bonds. The number of hydrogen-bond donors (Lipinski definition) is 1. The van der Waals surface area contributed by atoms with Crippen LogP contribution in [0.25, 0.3) is 0 Å². The SMILES string of the molecule is O=S(=O)(Nc1ccc2c(c1)CCC2)c1cc(Cl)sc1Cl. The number of halogens is 2. The van der Waals surface area contributed by atoms with E-state index in [-0.39, 0.29) is 9.23 Å². The van der Waals surface area contributed by atoms with Gasteiger partial charge in [0.15, 0.2) is 0 Å². The first-order valence-electron chi connectivity index (χ1n) is 6.05. The Bertz CT molecular complexity index is 769. The fourth-order valence-electron chi connectivity index (χ4n) is 2.35. The van der Waals surface area contributed by atoms with Crippen molar-refractivity contribution in [2.75, 3.05) is 4.72 Å². The van der Waals surface area contributed by atoms with Crippen LogP contribution in [0.2, 0.25) is 8.67 Å². The molecule has 0 radical (unpaired) electrons. The molecule has 0 saturated carbocycles. The monoisotopic (exact) mass is 347 g/mol. The second-order valence-corrected chi connectivity index (χ2v) is 8.57. The van der Waals surface area contributed by atoms with Gasteiger partial charge < -0.3 is 0 Å². The van der Waals surface area contributed by atoms with Crippen molar-refractivity contribution >= 4 is 50.2 Å². The van der Waals surface area contributed by atoms with E-state index in [0.29, 0.717) is 10.0 Å². The second kappa shape index (κ2) is 5.22. The van der Waals surface area contributed by atoms with Gasteiger partial charge in [0.25, 0.3) is 10.0 Å². The van der Waals surface area contributed by atoms with Crippen LogP contribution in [0.15, 0.2) is 29.2 Å². The van der Waals surface area contributed by atoms with Crippen LogP contribution in [0.4, 0.5) is 5.69 Å². The minimum Gasteiger partial charge on any atom is -0.280 e. The molecule has 0 spiro atoms. The van der Waals surface area contributed by atoms with E-state index < -0.39 is 10.0 Å². The van der Waals surface area contributed by atoms with Crippen molar-refractivity contribution in [1.29, 1.82) is 0 Å². The normalized spacial score (nSPS) is 14.3. The smallest absolute Gasteiger partial charge is 0.264 e. The Balaban J connectivity index is 1.92. The number of anilines is 1. The molecule has 0 atom stereocenters. The molecule has 1 aliphatic carbocycles. The highest BCUT2D eigenvalue weighted by Crippen LogP contribution is 2.35. The highest BCUT2D eigenvalue weighted by molar-refractivity contribution is 7.93. The molecule has 3 nitrogen and oxygen atoms in total. The largest absolute Gasteiger partial charge is 0.280 e. The van der Waals surface area contributed by atoms with Gasteiger partial charge in [-0.25, -0.2) is 8.42 Å². The summed E-state index contributed by atoms with van der Waals surface area (Å²) in [6.07, 6.45) is 3.18. The topological polar surface area (TPSA) is 46.2 Å². The fourth-order valence-corrected chi connectivity index (χ4v) is 5.55. The molecule has 0 saturated heterocycles. The first-order valence-corrected chi connectivity index (χ1v) is 9.11. The van der Waals surface area contributed by atoms with E-state index in [1.54, 1.807) is 6.07 Å². The summed E-state index contributed by atoms with van der Waals surface area (Å²) in [6, 6.07) is 7.01. The Hall–Kier alpha value is -0.750. The molecule has 2 aromatic rings. The molecule has 1 heterocycles. The van der Waals surface area contributed by atoms with E-state index in [2.05, 4.69) is 4.72 Å². The molecule has 0 aliphatic heterocycles. The third-order valence-electron chi connectivity index (χ3n) is 3.27. The summed E-state index contributed by atoms with van der Waals surface area (Å²) in [7, 11) is -3.70. The van der Waals surface area contributed by atoms with Crippen LogP contribution in [0.5, 0.6) is 0 Å². The molecule has 7 heteroatoms. The highest BCUT2D eigenvalue weighted by Gasteiger charge is 2.21. The third-order valence-corrected chi connectivity index (χ3v) is 6.40. The Kier molecular flexibility index (Phi) is 3.71. The zero-order chi connectivity index (χ0) is 14.3. The van der Waals surface area contributed by atoms with Gasteiger partial charge in [-0.2, -0.15) is 0 Å². The lowest BCUT2D eigenvalue weighted by atomic mass is 10.1. The number of benzene rings is 1. The van der Waals surface area contributed by atoms with Crippen LogP contribution in [0.1, 0.15) is 17.5 Å². The highest BCUT2D eigenvalue weighted by atomic mass is 35.5. The molecular weight excluding hydrogens is 337 g/mol. The maximum Gasteiger partial charge on any atom is 0.264 e. The number of sulfonamides is 1. The van der Waals surface area contributed by atoms with Gasteiger partial charge in [0.2, 0.25) is 0 Å². The molecule has 1 aromatic heterocycles. The summed E-state index contributed by atoms with van der Waals surface area (Å²) in [6.45, 7) is 0. The van der Waals surface area contributed by atoms with Crippen molar-refractivity contribution < 1.29 is 8.42 Å². The van der Waals surface area contributed by atoms with Crippen LogP contribution in [-0.4, -0.2) is 8.42 Å². The molecule has 1 aromatic carbocycles. The van der Waals surface area contributed by atoms with Crippen LogP contribution in [0.3, 0.4) is 0 Å². The van der Waals surface area contributed by atoms with Crippen LogP contribution in [0, 0.1) is 0 Å². The summed E-state index contributed by atoms with van der Waals surface area (Å²) >= 11 is 12.7. The first kappa shape index (κ1) is 14.2. The minimum absolute atomic E-state index is 0.0228. The van der Waals surface area contributed by atoms with E-state index in [1.165, 1.54) is 17.2 Å². The maximum atomic E-state index is 12.3. The first-order chi connectivity index (χ1) is 9.45. The zero-order valence-corrected chi connectivity index (χ0v) is 13.5. The molecular formula is C13H11Cl2NO2S2. The molecule has 0 bridgehead atoms. The van der Waals surface area contributed by atoms with Gasteiger partial charge in [0.1, 0.15) is 9.23 Å². The molecule has 3 rings (SSSR count). The standard InChI is InChI=1S/C13H11Cl2NO2S2/c14-12-7-11(13(15)19-12)20(17,18)16-10-5-4-8-2-1-3-9(8)6-10/h4-7,16H,1-3H2. The average molecular weight is 348 g/mol. The van der Waals surface area contributed by atoms with Gasteiger partial charge in [-0.15, -0.1) is 11.3 Å². The van der Waals surface area contributed by atoms with Crippen LogP contribution >= 0.6 is 34.5 Å². The van der Waals surface area contributed by atoms with Gasteiger partial charge in [0.05, 0.1) is 4.34 Å². The molecule has 1 N–H and O–H groups in total. The number of rotatable bonds is 3. The third kappa shape index (κ3) is 2.68. The Morgan fingerprint density at radius 3 is 2.55 bits per heavy atom. The summed E-state index contributed by atoms with van der Waals surface area (Å²) in [5, 5.41) is 0. The quantitative estimate of drug-likeness (QED) is 0.897. The van der Waals surface area contributed by atoms with Crippen molar-refractivity contribution in [3.8, 4) is 0 Å². The number of thiophene rings is 1. The van der Waals surface area contributed by atoms with Gasteiger partial charge in [-0.1, -0.05) is 29.3 Å². The lowest BCUT2D eigenvalue weighted by Gasteiger charge is -2.09. The van der Waals surface area contributed by atoms with Crippen LogP contribution in [-0.2, 0) is 22.9 Å². The molecule has 20 heavy (non-hydrogen) atoms. The summed E-state index contributed by atoms with van der Waals surface area (Å²) in [4.78, 5) is 0.0228. The van der Waals surface area contributed by atoms with Crippen molar-refractivity contribution in [2.24, 2.45) is 0 Å². The van der Waals surface area contributed by atoms with Gasteiger partial charge >= 0.3 is 0 Å². The predicted octanol–water partition coefficient (Wildman–Crippen LogP) is 4.34. The maximum absolute atomic E-state index is 12.3. The van der Waals surface area contributed by atoms with Crippen molar-refractivity contribution in [3.05, 3.63) is 44.1 Å². The Labute approximate surface area is 131 Å². The second-order valence-electron chi connectivity index (χ2n) is 4.63. The number of hydrogen-bond acceptors (Lipinski definition) is 3. The van der Waals surface area contributed by atoms with E-state index >= 15 is 0 Å². The Morgan fingerprint density at radius 2 is 1.85 bits per heavy atom. The zero-order valence-electron chi connectivity index (χ0n) is 10.3. The van der Waals surface area contributed by atoms with Crippen molar-refractivity contribution in [2.45, 2.75) is 24.2 Å². The molecule has 0 fully saturated rings. The average Bonchev–Trinajstić information content (AvgIpc) is 2.94. The van der Waals surface area contributed by atoms with E-state index in [1.807, 2.05) is 12.1 Å². The summed E-state index contributed by atoms with van der Waals surface area (Å²) in [5.41, 5.74) is 3.06. The van der Waals surface area contributed by atoms with Crippen molar-refractivity contribution in [1.82, 2.24) is 0 Å². The fraction of sp³-hybridized carbons (Fsp3) is 0.231. The van der Waals surface area contributed by atoms with Crippen LogP contribution < -0.4 is 4.72 Å². The van der Waals surface area contributed by atoms with Gasteiger partial charge in [0, 0.05) is 5.69 Å². The van der Waals surface area contributed by atoms with E-state index in [4.69, 9.17) is 23.2 Å². The van der Waals surface area contributed by atoms with E-state index in [9.17, 15) is 8.42 Å². The van der Waals surface area contributed by atoms with Crippen molar-refractivity contribution in [3.63, 3.8) is 0 Å². The van der Waals surface area contributed by atoms with Gasteiger partial charge in [-0.3, -0.25) is 4.72 Å². The number of fused-ring (bicyclic) bond motifs is 1.